The Hall–Kier alpha value is -1.40. The van der Waals surface area contributed by atoms with Gasteiger partial charge in [-0.15, -0.1) is 0 Å². The molecule has 0 aliphatic heterocycles. The van der Waals surface area contributed by atoms with Gasteiger partial charge in [0.25, 0.3) is 5.76 Å². The fourth-order valence-corrected chi connectivity index (χ4v) is 2.41. The summed E-state index contributed by atoms with van der Waals surface area (Å²) >= 11 is 6.56. The number of thioether (sulfide) groups is 1. The Morgan fingerprint density at radius 2 is 2.05 bits per heavy atom. The second kappa shape index (κ2) is 7.56. The molecule has 1 heterocycles. The van der Waals surface area contributed by atoms with Crippen molar-refractivity contribution in [1.82, 2.24) is 0 Å². The Labute approximate surface area is 130 Å². The number of furan rings is 1. The molecule has 1 N–H and O–H groups in total. The van der Waals surface area contributed by atoms with Gasteiger partial charge in [-0.05, 0) is 30.3 Å². The van der Waals surface area contributed by atoms with Gasteiger partial charge in [0.1, 0.15) is 17.3 Å². The second-order valence-corrected chi connectivity index (χ2v) is 5.53. The summed E-state index contributed by atoms with van der Waals surface area (Å²) in [6.07, 6.45) is 0. The first-order valence-electron chi connectivity index (χ1n) is 6.13. The average Bonchev–Trinajstić information content (AvgIpc) is 2.91. The number of rotatable bonds is 7. The normalized spacial score (nSPS) is 10.9. The van der Waals surface area contributed by atoms with Crippen LogP contribution < -0.4 is 10.1 Å². The van der Waals surface area contributed by atoms with Gasteiger partial charge >= 0.3 is 0 Å². The Morgan fingerprint density at radius 3 is 2.71 bits per heavy atom. The van der Waals surface area contributed by atoms with Gasteiger partial charge in [-0.3, -0.25) is 0 Å². The molecule has 0 bridgehead atoms. The minimum atomic E-state index is -2.39. The third-order valence-electron chi connectivity index (χ3n) is 2.69. The van der Waals surface area contributed by atoms with Gasteiger partial charge < -0.3 is 14.5 Å². The van der Waals surface area contributed by atoms with E-state index in [2.05, 4.69) is 5.32 Å². The smallest absolute Gasteiger partial charge is 0.284 e. The fourth-order valence-electron chi connectivity index (χ4n) is 1.71. The van der Waals surface area contributed by atoms with E-state index in [-0.39, 0.29) is 5.75 Å². The number of nitrogens with one attached hydrogen (secondary N) is 1. The molecular weight excluding hydrogens is 320 g/mol. The van der Waals surface area contributed by atoms with Crippen molar-refractivity contribution in [1.29, 1.82) is 0 Å². The molecule has 1 aromatic heterocycles. The topological polar surface area (TPSA) is 34.4 Å². The zero-order chi connectivity index (χ0) is 15.2. The third-order valence-corrected chi connectivity index (χ3v) is 3.69. The lowest BCUT2D eigenvalue weighted by Gasteiger charge is -2.07. The Balaban J connectivity index is 1.89. The van der Waals surface area contributed by atoms with Crippen LogP contribution in [0, 0.1) is 0 Å². The quantitative estimate of drug-likeness (QED) is 0.772. The van der Waals surface area contributed by atoms with Crippen LogP contribution in [0.2, 0.25) is 5.02 Å². The molecule has 0 atom stereocenters. The maximum absolute atomic E-state index is 12.1. The van der Waals surface area contributed by atoms with E-state index in [1.54, 1.807) is 31.4 Å². The molecule has 0 unspecified atom stereocenters. The number of halogens is 3. The van der Waals surface area contributed by atoms with Gasteiger partial charge in [0.2, 0.25) is 0 Å². The fraction of sp³-hybridized carbons (Fsp3) is 0.286. The molecule has 114 valence electrons. The predicted octanol–water partition coefficient (Wildman–Crippen LogP) is 5.01. The molecule has 0 aliphatic rings. The van der Waals surface area contributed by atoms with Crippen molar-refractivity contribution < 1.29 is 17.9 Å². The van der Waals surface area contributed by atoms with Crippen LogP contribution in [-0.4, -0.2) is 12.9 Å². The molecule has 3 nitrogen and oxygen atoms in total. The number of alkyl halides is 2. The van der Waals surface area contributed by atoms with Crippen molar-refractivity contribution in [3.8, 4) is 5.75 Å². The van der Waals surface area contributed by atoms with Crippen molar-refractivity contribution in [2.24, 2.45) is 0 Å². The zero-order valence-corrected chi connectivity index (χ0v) is 12.8. The first kappa shape index (κ1) is 16.0. The van der Waals surface area contributed by atoms with E-state index in [1.807, 2.05) is 6.07 Å². The lowest BCUT2D eigenvalue weighted by atomic mass is 10.3. The minimum absolute atomic E-state index is 0.159. The summed E-state index contributed by atoms with van der Waals surface area (Å²) in [5.74, 6) is -0.423. The van der Waals surface area contributed by atoms with Crippen molar-refractivity contribution in [2.45, 2.75) is 18.1 Å². The van der Waals surface area contributed by atoms with E-state index in [4.69, 9.17) is 20.8 Å². The standard InChI is InChI=1S/C14H14ClF2NO2S/c1-19-13-5-2-9(6-12(13)15)18-7-10-3-4-11(20-10)8-21-14(16)17/h2-6,14,18H,7-8H2,1H3. The number of ether oxygens (including phenoxy) is 1. The summed E-state index contributed by atoms with van der Waals surface area (Å²) in [6, 6.07) is 8.81. The van der Waals surface area contributed by atoms with E-state index >= 15 is 0 Å². The average molecular weight is 334 g/mol. The molecular formula is C14H14ClF2NO2S. The third kappa shape index (κ3) is 4.82. The molecule has 0 fully saturated rings. The molecule has 0 spiro atoms. The van der Waals surface area contributed by atoms with Gasteiger partial charge in [-0.1, -0.05) is 23.4 Å². The highest BCUT2D eigenvalue weighted by molar-refractivity contribution is 7.98. The van der Waals surface area contributed by atoms with Gasteiger partial charge in [-0.2, -0.15) is 8.78 Å². The molecule has 0 amide bonds. The molecule has 0 radical (unpaired) electrons. The highest BCUT2D eigenvalue weighted by atomic mass is 35.5. The summed E-state index contributed by atoms with van der Waals surface area (Å²) in [5.41, 5.74) is 0.820. The van der Waals surface area contributed by atoms with Crippen LogP contribution >= 0.6 is 23.4 Å². The van der Waals surface area contributed by atoms with E-state index in [0.29, 0.717) is 40.6 Å². The molecule has 0 saturated heterocycles. The first-order chi connectivity index (χ1) is 10.1. The van der Waals surface area contributed by atoms with Crippen LogP contribution in [-0.2, 0) is 12.3 Å². The zero-order valence-electron chi connectivity index (χ0n) is 11.2. The monoisotopic (exact) mass is 333 g/mol. The van der Waals surface area contributed by atoms with Gasteiger partial charge in [0.05, 0.1) is 24.4 Å². The van der Waals surface area contributed by atoms with E-state index in [9.17, 15) is 8.78 Å². The summed E-state index contributed by atoms with van der Waals surface area (Å²) in [4.78, 5) is 0. The maximum Gasteiger partial charge on any atom is 0.284 e. The van der Waals surface area contributed by atoms with E-state index in [1.165, 1.54) is 0 Å². The summed E-state index contributed by atoms with van der Waals surface area (Å²) in [7, 11) is 1.55. The lowest BCUT2D eigenvalue weighted by Crippen LogP contribution is -1.98. The summed E-state index contributed by atoms with van der Waals surface area (Å²) < 4.78 is 34.7. The molecule has 0 saturated carbocycles. The predicted molar refractivity (Wildman–Crippen MR) is 81.3 cm³/mol. The van der Waals surface area contributed by atoms with Crippen molar-refractivity contribution in [3.63, 3.8) is 0 Å². The largest absolute Gasteiger partial charge is 0.495 e. The number of hydrogen-bond acceptors (Lipinski definition) is 4. The van der Waals surface area contributed by atoms with Gasteiger partial charge in [0, 0.05) is 5.69 Å². The first-order valence-corrected chi connectivity index (χ1v) is 7.56. The molecule has 2 aromatic rings. The number of benzene rings is 1. The molecule has 1 aromatic carbocycles. The van der Waals surface area contributed by atoms with Crippen LogP contribution in [0.1, 0.15) is 11.5 Å². The number of methoxy groups -OCH3 is 1. The summed E-state index contributed by atoms with van der Waals surface area (Å²) in [5, 5.41) is 3.65. The minimum Gasteiger partial charge on any atom is -0.495 e. The van der Waals surface area contributed by atoms with Crippen molar-refractivity contribution in [3.05, 3.63) is 46.9 Å². The van der Waals surface area contributed by atoms with Crippen molar-refractivity contribution in [2.75, 3.05) is 12.4 Å². The van der Waals surface area contributed by atoms with Crippen LogP contribution in [0.3, 0.4) is 0 Å². The highest BCUT2D eigenvalue weighted by Gasteiger charge is 2.07. The Morgan fingerprint density at radius 1 is 1.29 bits per heavy atom. The Kier molecular flexibility index (Phi) is 5.76. The molecule has 7 heteroatoms. The van der Waals surface area contributed by atoms with Gasteiger partial charge in [0.15, 0.2) is 0 Å². The van der Waals surface area contributed by atoms with Crippen LogP contribution in [0.4, 0.5) is 14.5 Å². The molecule has 0 aliphatic carbocycles. The highest BCUT2D eigenvalue weighted by Crippen LogP contribution is 2.27. The molecule has 2 rings (SSSR count). The molecule has 21 heavy (non-hydrogen) atoms. The van der Waals surface area contributed by atoms with Crippen LogP contribution in [0.5, 0.6) is 5.75 Å². The van der Waals surface area contributed by atoms with E-state index < -0.39 is 5.76 Å². The van der Waals surface area contributed by atoms with Crippen LogP contribution in [0.25, 0.3) is 0 Å². The lowest BCUT2D eigenvalue weighted by molar-refractivity contribution is 0.251. The Bertz CT molecular complexity index is 592. The van der Waals surface area contributed by atoms with Crippen LogP contribution in [0.15, 0.2) is 34.7 Å². The van der Waals surface area contributed by atoms with E-state index in [0.717, 1.165) is 5.69 Å². The van der Waals surface area contributed by atoms with Gasteiger partial charge in [-0.25, -0.2) is 0 Å². The maximum atomic E-state index is 12.1. The number of anilines is 1. The SMILES string of the molecule is COc1ccc(NCc2ccc(CSC(F)F)o2)cc1Cl. The second-order valence-electron chi connectivity index (χ2n) is 4.14. The van der Waals surface area contributed by atoms with Crippen molar-refractivity contribution >= 4 is 29.1 Å². The number of hydrogen-bond donors (Lipinski definition) is 1. The summed E-state index contributed by atoms with van der Waals surface area (Å²) in [6.45, 7) is 0.446.